The summed E-state index contributed by atoms with van der Waals surface area (Å²) in [5, 5.41) is 11.3. The third kappa shape index (κ3) is 6.29. The standard InChI is InChI=1S/C21H20ClN5O5/c1-14-10-17(6-7-18(14)22)32-12-15-2-4-16(5-3-15)21(29)25-24-20(28)8-9-26-11-19(23-13-26)27(30)31/h2-7,10-11,13H,8-9,12H2,1H3,(H,24,28)(H,25,29). The van der Waals surface area contributed by atoms with E-state index >= 15 is 0 Å². The number of aromatic nitrogens is 2. The molecule has 0 aliphatic carbocycles. The second-order valence-corrected chi connectivity index (χ2v) is 7.28. The maximum atomic E-state index is 12.2. The highest BCUT2D eigenvalue weighted by Crippen LogP contribution is 2.22. The number of hydrazine groups is 1. The number of rotatable bonds is 8. The molecule has 0 fully saturated rings. The van der Waals surface area contributed by atoms with E-state index in [1.165, 1.54) is 17.1 Å². The lowest BCUT2D eigenvalue weighted by molar-refractivity contribution is -0.389. The number of nitrogens with zero attached hydrogens (tertiary/aromatic N) is 3. The van der Waals surface area contributed by atoms with Crippen molar-refractivity contribution in [1.82, 2.24) is 20.4 Å². The summed E-state index contributed by atoms with van der Waals surface area (Å²) < 4.78 is 7.15. The van der Waals surface area contributed by atoms with Gasteiger partial charge in [-0.05, 0) is 58.3 Å². The Kier molecular flexibility index (Phi) is 7.40. The van der Waals surface area contributed by atoms with Gasteiger partial charge in [0.1, 0.15) is 18.6 Å². The number of hydrogen-bond donors (Lipinski definition) is 2. The quantitative estimate of drug-likeness (QED) is 0.395. The van der Waals surface area contributed by atoms with Crippen LogP contribution in [0.4, 0.5) is 5.82 Å². The molecule has 0 spiro atoms. The minimum atomic E-state index is -0.618. The second-order valence-electron chi connectivity index (χ2n) is 6.88. The highest BCUT2D eigenvalue weighted by molar-refractivity contribution is 6.31. The Morgan fingerprint density at radius 3 is 2.59 bits per heavy atom. The van der Waals surface area contributed by atoms with Crippen LogP contribution in [0.25, 0.3) is 0 Å². The molecule has 2 N–H and O–H groups in total. The Balaban J connectivity index is 1.43. The van der Waals surface area contributed by atoms with Crippen molar-refractivity contribution in [2.75, 3.05) is 0 Å². The van der Waals surface area contributed by atoms with Crippen molar-refractivity contribution in [2.45, 2.75) is 26.5 Å². The SMILES string of the molecule is Cc1cc(OCc2ccc(C(=O)NNC(=O)CCn3cnc([N+](=O)[O-])c3)cc2)ccc1Cl. The lowest BCUT2D eigenvalue weighted by Gasteiger charge is -2.09. The maximum absolute atomic E-state index is 12.2. The molecule has 3 aromatic rings. The smallest absolute Gasteiger partial charge is 0.381 e. The Labute approximate surface area is 188 Å². The summed E-state index contributed by atoms with van der Waals surface area (Å²) in [7, 11) is 0. The number of carbonyl (C=O) groups excluding carboxylic acids is 2. The van der Waals surface area contributed by atoms with Crippen molar-refractivity contribution in [3.05, 3.63) is 86.8 Å². The highest BCUT2D eigenvalue weighted by Gasteiger charge is 2.12. The van der Waals surface area contributed by atoms with Crippen molar-refractivity contribution in [3.8, 4) is 5.75 Å². The van der Waals surface area contributed by atoms with Gasteiger partial charge in [-0.3, -0.25) is 20.4 Å². The van der Waals surface area contributed by atoms with Crippen LogP contribution in [0.5, 0.6) is 5.75 Å². The van der Waals surface area contributed by atoms with E-state index in [2.05, 4.69) is 15.8 Å². The molecule has 0 saturated heterocycles. The molecule has 1 aromatic heterocycles. The first-order valence-electron chi connectivity index (χ1n) is 9.55. The van der Waals surface area contributed by atoms with Gasteiger partial charge in [0.25, 0.3) is 5.91 Å². The van der Waals surface area contributed by atoms with Crippen LogP contribution in [-0.2, 0) is 17.9 Å². The number of amides is 2. The molecule has 0 bridgehead atoms. The summed E-state index contributed by atoms with van der Waals surface area (Å²) in [6.07, 6.45) is 2.50. The fraction of sp³-hybridized carbons (Fsp3) is 0.190. The fourth-order valence-corrected chi connectivity index (χ4v) is 2.80. The third-order valence-corrected chi connectivity index (χ3v) is 4.89. The minimum Gasteiger partial charge on any atom is -0.489 e. The molecule has 3 rings (SSSR count). The normalized spacial score (nSPS) is 10.4. The lowest BCUT2D eigenvalue weighted by atomic mass is 10.1. The zero-order valence-electron chi connectivity index (χ0n) is 17.1. The third-order valence-electron chi connectivity index (χ3n) is 4.47. The number of ether oxygens (including phenoxy) is 1. The first kappa shape index (κ1) is 22.8. The van der Waals surface area contributed by atoms with Gasteiger partial charge >= 0.3 is 5.82 Å². The van der Waals surface area contributed by atoms with Crippen LogP contribution in [0, 0.1) is 17.0 Å². The van der Waals surface area contributed by atoms with E-state index in [1.54, 1.807) is 36.4 Å². The molecule has 0 saturated carbocycles. The van der Waals surface area contributed by atoms with Crippen LogP contribution in [0.1, 0.15) is 27.9 Å². The number of halogens is 1. The van der Waals surface area contributed by atoms with Gasteiger partial charge in [-0.2, -0.15) is 0 Å². The van der Waals surface area contributed by atoms with E-state index in [0.29, 0.717) is 22.9 Å². The average Bonchev–Trinajstić information content (AvgIpc) is 3.27. The van der Waals surface area contributed by atoms with Crippen molar-refractivity contribution in [2.24, 2.45) is 0 Å². The minimum absolute atomic E-state index is 0.00818. The summed E-state index contributed by atoms with van der Waals surface area (Å²) >= 11 is 6.00. The van der Waals surface area contributed by atoms with Gasteiger partial charge in [0.15, 0.2) is 0 Å². The van der Waals surface area contributed by atoms with E-state index in [9.17, 15) is 19.7 Å². The number of nitro groups is 1. The Morgan fingerprint density at radius 1 is 1.19 bits per heavy atom. The van der Waals surface area contributed by atoms with Gasteiger partial charge in [0.05, 0.1) is 0 Å². The van der Waals surface area contributed by atoms with E-state index in [1.807, 2.05) is 13.0 Å². The molecule has 0 radical (unpaired) electrons. The van der Waals surface area contributed by atoms with Crippen molar-refractivity contribution < 1.29 is 19.2 Å². The first-order valence-corrected chi connectivity index (χ1v) is 9.93. The van der Waals surface area contributed by atoms with Gasteiger partial charge in [0, 0.05) is 23.6 Å². The van der Waals surface area contributed by atoms with Gasteiger partial charge in [-0.1, -0.05) is 23.7 Å². The largest absolute Gasteiger partial charge is 0.489 e. The van der Waals surface area contributed by atoms with Gasteiger partial charge in [-0.15, -0.1) is 0 Å². The zero-order chi connectivity index (χ0) is 23.1. The molecule has 0 atom stereocenters. The number of hydrogen-bond acceptors (Lipinski definition) is 6. The second kappa shape index (κ2) is 10.4. The molecule has 2 aromatic carbocycles. The number of carbonyl (C=O) groups is 2. The molecule has 0 unspecified atom stereocenters. The van der Waals surface area contributed by atoms with Crippen LogP contribution in [-0.4, -0.2) is 26.3 Å². The summed E-state index contributed by atoms with van der Waals surface area (Å²) in [5.74, 6) is -0.520. The van der Waals surface area contributed by atoms with Gasteiger partial charge in [0.2, 0.25) is 12.2 Å². The molecule has 166 valence electrons. The van der Waals surface area contributed by atoms with Gasteiger partial charge < -0.3 is 19.4 Å². The predicted octanol–water partition coefficient (Wildman–Crippen LogP) is 3.18. The van der Waals surface area contributed by atoms with E-state index in [-0.39, 0.29) is 18.8 Å². The monoisotopic (exact) mass is 457 g/mol. The van der Waals surface area contributed by atoms with E-state index in [0.717, 1.165) is 11.1 Å². The van der Waals surface area contributed by atoms with Crippen LogP contribution < -0.4 is 15.6 Å². The zero-order valence-corrected chi connectivity index (χ0v) is 17.8. The summed E-state index contributed by atoms with van der Waals surface area (Å²) in [6.45, 7) is 2.40. The van der Waals surface area contributed by atoms with Crippen molar-refractivity contribution in [1.29, 1.82) is 0 Å². The molecule has 1 heterocycles. The van der Waals surface area contributed by atoms with Crippen molar-refractivity contribution in [3.63, 3.8) is 0 Å². The van der Waals surface area contributed by atoms with Crippen LogP contribution in [0.3, 0.4) is 0 Å². The van der Waals surface area contributed by atoms with Crippen LogP contribution in [0.2, 0.25) is 5.02 Å². The lowest BCUT2D eigenvalue weighted by Crippen LogP contribution is -2.41. The molecule has 0 aliphatic heterocycles. The molecule has 32 heavy (non-hydrogen) atoms. The Hall–Kier alpha value is -3.92. The number of benzene rings is 2. The maximum Gasteiger partial charge on any atom is 0.381 e. The molecule has 0 aliphatic rings. The Morgan fingerprint density at radius 2 is 1.94 bits per heavy atom. The number of aryl methyl sites for hydroxylation is 2. The highest BCUT2D eigenvalue weighted by atomic mass is 35.5. The fourth-order valence-electron chi connectivity index (χ4n) is 2.68. The molecular formula is C21H20ClN5O5. The van der Waals surface area contributed by atoms with E-state index in [4.69, 9.17) is 16.3 Å². The predicted molar refractivity (Wildman–Crippen MR) is 116 cm³/mol. The van der Waals surface area contributed by atoms with E-state index < -0.39 is 16.7 Å². The molecule has 10 nitrogen and oxygen atoms in total. The Bertz CT molecular complexity index is 1130. The number of imidazole rings is 1. The summed E-state index contributed by atoms with van der Waals surface area (Å²) in [5.41, 5.74) is 6.79. The molecular weight excluding hydrogens is 438 g/mol. The molecule has 11 heteroatoms. The average molecular weight is 458 g/mol. The summed E-state index contributed by atoms with van der Waals surface area (Å²) in [4.78, 5) is 37.7. The van der Waals surface area contributed by atoms with Crippen LogP contribution >= 0.6 is 11.6 Å². The van der Waals surface area contributed by atoms with Crippen molar-refractivity contribution >= 4 is 29.2 Å². The van der Waals surface area contributed by atoms with Crippen LogP contribution in [0.15, 0.2) is 55.0 Å². The van der Waals surface area contributed by atoms with Gasteiger partial charge in [-0.25, -0.2) is 0 Å². The first-order chi connectivity index (χ1) is 15.3. The topological polar surface area (TPSA) is 128 Å². The molecule has 2 amide bonds. The number of nitrogens with one attached hydrogen (secondary N) is 2. The summed E-state index contributed by atoms with van der Waals surface area (Å²) in [6, 6.07) is 12.2.